The predicted octanol–water partition coefficient (Wildman–Crippen LogP) is 3.69. The molecule has 0 aliphatic heterocycles. The normalized spacial score (nSPS) is 26.1. The molecule has 2 atom stereocenters. The van der Waals surface area contributed by atoms with Crippen molar-refractivity contribution in [3.63, 3.8) is 0 Å². The van der Waals surface area contributed by atoms with Crippen molar-refractivity contribution in [2.45, 2.75) is 57.8 Å². The second kappa shape index (κ2) is 4.51. The number of carbonyl (C=O) groups excluding carboxylic acids is 1. The van der Waals surface area contributed by atoms with Crippen molar-refractivity contribution in [3.05, 3.63) is 0 Å². The number of carbonyl (C=O) groups is 1. The molecule has 3 heteroatoms. The Balaban J connectivity index is 2.59. The number of rotatable bonds is 3. The van der Waals surface area contributed by atoms with E-state index in [2.05, 4.69) is 33.9 Å². The first-order chi connectivity index (χ1) is 7.19. The summed E-state index contributed by atoms with van der Waals surface area (Å²) >= 11 is 0. The Morgan fingerprint density at radius 3 is 2.19 bits per heavy atom. The van der Waals surface area contributed by atoms with Crippen molar-refractivity contribution in [2.75, 3.05) is 7.11 Å². The van der Waals surface area contributed by atoms with Gasteiger partial charge in [-0.2, -0.15) is 0 Å². The third-order valence-corrected chi connectivity index (χ3v) is 10.3. The largest absolute Gasteiger partial charge is 0.469 e. The summed E-state index contributed by atoms with van der Waals surface area (Å²) in [5, 5.41) is 0.420. The number of methoxy groups -OCH3 is 1. The highest BCUT2D eigenvalue weighted by Crippen LogP contribution is 2.47. The lowest BCUT2D eigenvalue weighted by atomic mass is 9.75. The highest BCUT2D eigenvalue weighted by molar-refractivity contribution is 6.80. The Hall–Kier alpha value is -0.313. The molecule has 94 valence electrons. The number of ether oxygens (including phenoxy) is 1. The predicted molar refractivity (Wildman–Crippen MR) is 70.2 cm³/mol. The molecule has 0 aromatic carbocycles. The molecule has 1 rings (SSSR count). The summed E-state index contributed by atoms with van der Waals surface area (Å²) in [6.45, 7) is 11.9. The first-order valence-electron chi connectivity index (χ1n) is 6.27. The van der Waals surface area contributed by atoms with Gasteiger partial charge in [-0.1, -0.05) is 39.9 Å². The van der Waals surface area contributed by atoms with Gasteiger partial charge in [0.05, 0.1) is 21.1 Å². The first kappa shape index (κ1) is 13.8. The lowest BCUT2D eigenvalue weighted by Crippen LogP contribution is -2.44. The number of esters is 1. The monoisotopic (exact) mass is 242 g/mol. The summed E-state index contributed by atoms with van der Waals surface area (Å²) in [4.78, 5) is 11.5. The van der Waals surface area contributed by atoms with Crippen LogP contribution >= 0.6 is 0 Å². The third-order valence-electron chi connectivity index (χ3n) is 4.72. The smallest absolute Gasteiger partial charge is 0.308 e. The van der Waals surface area contributed by atoms with Gasteiger partial charge in [0.2, 0.25) is 0 Å². The van der Waals surface area contributed by atoms with Gasteiger partial charge in [0.25, 0.3) is 0 Å². The average molecular weight is 242 g/mol. The van der Waals surface area contributed by atoms with Crippen molar-refractivity contribution < 1.29 is 9.53 Å². The first-order valence-corrected chi connectivity index (χ1v) is 9.47. The zero-order chi connectivity index (χ0) is 12.6. The Bertz CT molecular complexity index is 266. The molecule has 1 unspecified atom stereocenters. The summed E-state index contributed by atoms with van der Waals surface area (Å²) in [6, 6.07) is 1.26. The van der Waals surface area contributed by atoms with E-state index in [-0.39, 0.29) is 11.9 Å². The Labute approximate surface area is 101 Å². The third kappa shape index (κ3) is 2.68. The SMILES string of the molecule is COC(=O)C1CC[C@H]1C[Si](C)(C)C(C)(C)C. The molecule has 0 spiro atoms. The van der Waals surface area contributed by atoms with Gasteiger partial charge in [-0.15, -0.1) is 0 Å². The Kier molecular flexibility index (Phi) is 3.88. The number of hydrogen-bond donors (Lipinski definition) is 0. The van der Waals surface area contributed by atoms with Gasteiger partial charge in [-0.05, 0) is 23.8 Å². The lowest BCUT2D eigenvalue weighted by Gasteiger charge is -2.44. The molecule has 1 saturated carbocycles. The average Bonchev–Trinajstić information content (AvgIpc) is 2.10. The van der Waals surface area contributed by atoms with Crippen LogP contribution in [0.1, 0.15) is 33.6 Å². The summed E-state index contributed by atoms with van der Waals surface area (Å²) in [5.74, 6) is 0.794. The maximum absolute atomic E-state index is 11.5. The molecule has 1 fully saturated rings. The second-order valence-corrected chi connectivity index (χ2v) is 12.5. The molecular weight excluding hydrogens is 216 g/mol. The lowest BCUT2D eigenvalue weighted by molar-refractivity contribution is -0.151. The number of hydrogen-bond acceptors (Lipinski definition) is 2. The zero-order valence-corrected chi connectivity index (χ0v) is 12.6. The summed E-state index contributed by atoms with van der Waals surface area (Å²) < 4.78 is 4.86. The van der Waals surface area contributed by atoms with E-state index in [0.29, 0.717) is 11.0 Å². The van der Waals surface area contributed by atoms with Crippen molar-refractivity contribution >= 4 is 14.0 Å². The van der Waals surface area contributed by atoms with Gasteiger partial charge in [-0.3, -0.25) is 4.79 Å². The minimum atomic E-state index is -1.25. The van der Waals surface area contributed by atoms with Crippen molar-refractivity contribution in [3.8, 4) is 0 Å². The molecule has 0 aromatic rings. The molecule has 1 aliphatic rings. The van der Waals surface area contributed by atoms with Crippen molar-refractivity contribution in [1.29, 1.82) is 0 Å². The van der Waals surface area contributed by atoms with Gasteiger partial charge in [0.1, 0.15) is 0 Å². The van der Waals surface area contributed by atoms with E-state index in [1.165, 1.54) is 19.6 Å². The van der Waals surface area contributed by atoms with Crippen LogP contribution < -0.4 is 0 Å². The van der Waals surface area contributed by atoms with E-state index in [1.807, 2.05) is 0 Å². The van der Waals surface area contributed by atoms with Crippen molar-refractivity contribution in [2.24, 2.45) is 11.8 Å². The van der Waals surface area contributed by atoms with Gasteiger partial charge >= 0.3 is 5.97 Å². The maximum atomic E-state index is 11.5. The summed E-state index contributed by atoms with van der Waals surface area (Å²) in [5.41, 5.74) is 0. The maximum Gasteiger partial charge on any atom is 0.308 e. The van der Waals surface area contributed by atoms with Crippen LogP contribution in [-0.4, -0.2) is 21.2 Å². The van der Waals surface area contributed by atoms with Crippen LogP contribution in [0.2, 0.25) is 24.2 Å². The quantitative estimate of drug-likeness (QED) is 0.557. The van der Waals surface area contributed by atoms with Crippen LogP contribution in [-0.2, 0) is 9.53 Å². The van der Waals surface area contributed by atoms with E-state index in [0.717, 1.165) is 6.42 Å². The fourth-order valence-electron chi connectivity index (χ4n) is 2.24. The van der Waals surface area contributed by atoms with E-state index in [9.17, 15) is 4.79 Å². The molecular formula is C13H26O2Si. The fraction of sp³-hybridized carbons (Fsp3) is 0.923. The van der Waals surface area contributed by atoms with Crippen molar-refractivity contribution in [1.82, 2.24) is 0 Å². The minimum Gasteiger partial charge on any atom is -0.469 e. The van der Waals surface area contributed by atoms with Gasteiger partial charge < -0.3 is 4.74 Å². The molecule has 0 radical (unpaired) electrons. The second-order valence-electron chi connectivity index (χ2n) is 6.81. The molecule has 0 N–H and O–H groups in total. The highest BCUT2D eigenvalue weighted by atomic mass is 28.3. The van der Waals surface area contributed by atoms with E-state index >= 15 is 0 Å². The van der Waals surface area contributed by atoms with Crippen LogP contribution in [0, 0.1) is 11.8 Å². The van der Waals surface area contributed by atoms with Crippen LogP contribution in [0.25, 0.3) is 0 Å². The van der Waals surface area contributed by atoms with Gasteiger partial charge in [-0.25, -0.2) is 0 Å². The molecule has 1 aliphatic carbocycles. The van der Waals surface area contributed by atoms with Gasteiger partial charge in [0.15, 0.2) is 0 Å². The van der Waals surface area contributed by atoms with Gasteiger partial charge in [0, 0.05) is 0 Å². The minimum absolute atomic E-state index is 0.00922. The summed E-state index contributed by atoms with van der Waals surface area (Å²) in [7, 11) is 0.258. The Morgan fingerprint density at radius 1 is 1.31 bits per heavy atom. The zero-order valence-electron chi connectivity index (χ0n) is 11.6. The fourth-order valence-corrected chi connectivity index (χ4v) is 4.65. The highest BCUT2D eigenvalue weighted by Gasteiger charge is 2.44. The van der Waals surface area contributed by atoms with Crippen LogP contribution in [0.4, 0.5) is 0 Å². The molecule has 0 saturated heterocycles. The molecule has 16 heavy (non-hydrogen) atoms. The molecule has 0 amide bonds. The van der Waals surface area contributed by atoms with Crippen LogP contribution in [0.5, 0.6) is 0 Å². The van der Waals surface area contributed by atoms with Crippen LogP contribution in [0.3, 0.4) is 0 Å². The topological polar surface area (TPSA) is 26.3 Å². The van der Waals surface area contributed by atoms with E-state index in [1.54, 1.807) is 0 Å². The summed E-state index contributed by atoms with van der Waals surface area (Å²) in [6.07, 6.45) is 2.25. The standard InChI is InChI=1S/C13H26O2Si/c1-13(2,3)16(5,6)9-10-7-8-11(10)12(14)15-4/h10-11H,7-9H2,1-6H3/t10-,11?/m0/s1. The van der Waals surface area contributed by atoms with Crippen LogP contribution in [0.15, 0.2) is 0 Å². The molecule has 0 heterocycles. The van der Waals surface area contributed by atoms with E-state index < -0.39 is 8.07 Å². The molecule has 2 nitrogen and oxygen atoms in total. The Morgan fingerprint density at radius 2 is 1.88 bits per heavy atom. The molecule has 0 bridgehead atoms. The van der Waals surface area contributed by atoms with E-state index in [4.69, 9.17) is 4.74 Å². The molecule has 0 aromatic heterocycles.